The van der Waals surface area contributed by atoms with Gasteiger partial charge in [-0.05, 0) is 46.0 Å². The Hall–Kier alpha value is -3.34. The van der Waals surface area contributed by atoms with Crippen molar-refractivity contribution in [1.82, 2.24) is 25.5 Å². The molecule has 1 aromatic heterocycles. The van der Waals surface area contributed by atoms with Crippen molar-refractivity contribution in [2.75, 3.05) is 0 Å². The number of hydrogen-bond donors (Lipinski definition) is 1. The summed E-state index contributed by atoms with van der Waals surface area (Å²) in [6.45, 7) is 0.150. The summed E-state index contributed by atoms with van der Waals surface area (Å²) in [7, 11) is 1.64. The van der Waals surface area contributed by atoms with Gasteiger partial charge in [0.05, 0.1) is 10.5 Å². The van der Waals surface area contributed by atoms with E-state index in [1.807, 2.05) is 0 Å². The first-order chi connectivity index (χ1) is 12.9. The van der Waals surface area contributed by atoms with E-state index in [9.17, 15) is 19.3 Å². The van der Waals surface area contributed by atoms with E-state index < -0.39 is 10.8 Å². The van der Waals surface area contributed by atoms with Gasteiger partial charge in [0.15, 0.2) is 0 Å². The zero-order chi connectivity index (χ0) is 19.4. The number of rotatable bonds is 6. The first kappa shape index (κ1) is 18.5. The van der Waals surface area contributed by atoms with Crippen molar-refractivity contribution < 1.29 is 14.1 Å². The summed E-state index contributed by atoms with van der Waals surface area (Å²) in [5.41, 5.74) is 0.614. The lowest BCUT2D eigenvalue weighted by atomic mass is 10.1. The molecule has 0 aliphatic carbocycles. The lowest BCUT2D eigenvalue weighted by Gasteiger charge is -2.09. The summed E-state index contributed by atoms with van der Waals surface area (Å²) in [6, 6.07) is 9.65. The van der Waals surface area contributed by atoms with E-state index in [1.54, 1.807) is 19.2 Å². The van der Waals surface area contributed by atoms with E-state index in [0.717, 1.165) is 11.8 Å². The smallest absolute Gasteiger partial charge is 0.270 e. The third-order valence-electron chi connectivity index (χ3n) is 3.57. The average molecular weight is 388 g/mol. The lowest BCUT2D eigenvalue weighted by molar-refractivity contribution is -0.384. The van der Waals surface area contributed by atoms with Crippen LogP contribution in [0.4, 0.5) is 10.1 Å². The third-order valence-corrected chi connectivity index (χ3v) is 4.67. The molecule has 0 fully saturated rings. The molecule has 0 bridgehead atoms. The van der Waals surface area contributed by atoms with Gasteiger partial charge in [0.2, 0.25) is 5.16 Å². The van der Waals surface area contributed by atoms with Crippen molar-refractivity contribution >= 4 is 23.4 Å². The Morgan fingerprint density at radius 3 is 2.67 bits per heavy atom. The monoisotopic (exact) mass is 388 g/mol. The number of nitro benzene ring substituents is 1. The molecule has 0 aliphatic heterocycles. The molecular formula is C16H13FN6O3S. The number of aryl methyl sites for hydroxylation is 1. The first-order valence-corrected chi connectivity index (χ1v) is 8.47. The Bertz CT molecular complexity index is 992. The Morgan fingerprint density at radius 1 is 1.30 bits per heavy atom. The van der Waals surface area contributed by atoms with E-state index >= 15 is 0 Å². The van der Waals surface area contributed by atoms with Gasteiger partial charge in [-0.2, -0.15) is 0 Å². The van der Waals surface area contributed by atoms with Crippen molar-refractivity contribution in [1.29, 1.82) is 0 Å². The fraction of sp³-hybridized carbons (Fsp3) is 0.125. The van der Waals surface area contributed by atoms with Gasteiger partial charge in [-0.15, -0.1) is 5.10 Å². The number of benzene rings is 2. The minimum absolute atomic E-state index is 0.124. The molecule has 3 aromatic rings. The van der Waals surface area contributed by atoms with Crippen LogP contribution < -0.4 is 5.32 Å². The highest BCUT2D eigenvalue weighted by Gasteiger charge is 2.19. The second-order valence-corrected chi connectivity index (χ2v) is 6.44. The van der Waals surface area contributed by atoms with Gasteiger partial charge >= 0.3 is 0 Å². The van der Waals surface area contributed by atoms with Gasteiger partial charge in [-0.3, -0.25) is 14.9 Å². The summed E-state index contributed by atoms with van der Waals surface area (Å²) in [5, 5.41) is 25.2. The summed E-state index contributed by atoms with van der Waals surface area (Å²) in [4.78, 5) is 23.6. The molecule has 3 rings (SSSR count). The topological polar surface area (TPSA) is 116 Å². The second kappa shape index (κ2) is 7.91. The maximum absolute atomic E-state index is 13.0. The predicted molar refractivity (Wildman–Crippen MR) is 93.6 cm³/mol. The quantitative estimate of drug-likeness (QED) is 0.509. The van der Waals surface area contributed by atoms with Crippen LogP contribution in [0.15, 0.2) is 52.5 Å². The maximum atomic E-state index is 13.0. The van der Waals surface area contributed by atoms with Crippen molar-refractivity contribution in [3.8, 4) is 0 Å². The Labute approximate surface area is 156 Å². The fourth-order valence-corrected chi connectivity index (χ4v) is 3.02. The van der Waals surface area contributed by atoms with E-state index in [1.165, 1.54) is 35.0 Å². The molecule has 27 heavy (non-hydrogen) atoms. The molecule has 1 N–H and O–H groups in total. The number of halogens is 1. The van der Waals surface area contributed by atoms with Gasteiger partial charge in [0, 0.05) is 30.6 Å². The number of non-ortho nitro benzene ring substituents is 1. The number of hydrogen-bond acceptors (Lipinski definition) is 7. The van der Waals surface area contributed by atoms with E-state index in [4.69, 9.17) is 0 Å². The van der Waals surface area contributed by atoms with Gasteiger partial charge in [0.25, 0.3) is 11.6 Å². The number of nitrogens with one attached hydrogen (secondary N) is 1. The molecule has 2 aromatic carbocycles. The average Bonchev–Trinajstić information content (AvgIpc) is 3.06. The zero-order valence-corrected chi connectivity index (χ0v) is 14.8. The van der Waals surface area contributed by atoms with Gasteiger partial charge in [-0.25, -0.2) is 9.07 Å². The van der Waals surface area contributed by atoms with Crippen LogP contribution >= 0.6 is 11.8 Å². The molecular weight excluding hydrogens is 375 g/mol. The van der Waals surface area contributed by atoms with Crippen LogP contribution in [0.2, 0.25) is 0 Å². The van der Waals surface area contributed by atoms with Crippen molar-refractivity contribution in [3.63, 3.8) is 0 Å². The van der Waals surface area contributed by atoms with Crippen molar-refractivity contribution in [2.24, 2.45) is 7.05 Å². The van der Waals surface area contributed by atoms with Crippen LogP contribution in [0, 0.1) is 15.9 Å². The lowest BCUT2D eigenvalue weighted by Crippen LogP contribution is -2.23. The van der Waals surface area contributed by atoms with E-state index in [2.05, 4.69) is 20.8 Å². The summed E-state index contributed by atoms with van der Waals surface area (Å²) in [5.74, 6) is -0.875. The second-order valence-electron chi connectivity index (χ2n) is 5.43. The molecule has 0 atom stereocenters. The highest BCUT2D eigenvalue weighted by Crippen LogP contribution is 2.31. The summed E-state index contributed by atoms with van der Waals surface area (Å²) >= 11 is 1.11. The summed E-state index contributed by atoms with van der Waals surface area (Å²) < 4.78 is 14.4. The molecule has 0 saturated carbocycles. The number of amides is 1. The highest BCUT2D eigenvalue weighted by molar-refractivity contribution is 7.99. The van der Waals surface area contributed by atoms with Crippen LogP contribution in [0.1, 0.15) is 15.9 Å². The number of carbonyl (C=O) groups is 1. The van der Waals surface area contributed by atoms with E-state index in [0.29, 0.717) is 15.6 Å². The molecule has 138 valence electrons. The van der Waals surface area contributed by atoms with Crippen LogP contribution in [0.5, 0.6) is 0 Å². The van der Waals surface area contributed by atoms with Crippen LogP contribution in [-0.2, 0) is 13.6 Å². The van der Waals surface area contributed by atoms with Gasteiger partial charge in [-0.1, -0.05) is 12.1 Å². The minimum atomic E-state index is -0.574. The van der Waals surface area contributed by atoms with Gasteiger partial charge in [0.1, 0.15) is 5.82 Å². The number of aromatic nitrogens is 4. The summed E-state index contributed by atoms with van der Waals surface area (Å²) in [6.07, 6.45) is 0. The minimum Gasteiger partial charge on any atom is -0.348 e. The molecule has 0 saturated heterocycles. The molecule has 0 spiro atoms. The largest absolute Gasteiger partial charge is 0.348 e. The molecule has 1 amide bonds. The SMILES string of the molecule is Cn1nnnc1Sc1ccc([N+](=O)[O-])cc1C(=O)NCc1ccc(F)cc1. The van der Waals surface area contributed by atoms with Crippen LogP contribution in [-0.4, -0.2) is 31.0 Å². The first-order valence-electron chi connectivity index (χ1n) is 7.65. The highest BCUT2D eigenvalue weighted by atomic mass is 32.2. The number of tetrazole rings is 1. The predicted octanol–water partition coefficient (Wildman–Crippen LogP) is 2.34. The number of nitro groups is 1. The molecule has 0 unspecified atom stereocenters. The maximum Gasteiger partial charge on any atom is 0.270 e. The molecule has 9 nitrogen and oxygen atoms in total. The standard InChI is InChI=1S/C16H13FN6O3S/c1-22-16(19-20-21-22)27-14-7-6-12(23(25)26)8-13(14)15(24)18-9-10-2-4-11(17)5-3-10/h2-8H,9H2,1H3,(H,18,24). The van der Waals surface area contributed by atoms with Crippen LogP contribution in [0.25, 0.3) is 0 Å². The van der Waals surface area contributed by atoms with Crippen molar-refractivity contribution in [2.45, 2.75) is 16.6 Å². The number of carbonyl (C=O) groups excluding carboxylic acids is 1. The van der Waals surface area contributed by atoms with Crippen molar-refractivity contribution in [3.05, 3.63) is 69.5 Å². The Balaban J connectivity index is 1.84. The molecule has 0 radical (unpaired) electrons. The molecule has 1 heterocycles. The number of nitrogens with zero attached hydrogens (tertiary/aromatic N) is 5. The third kappa shape index (κ3) is 4.44. The Morgan fingerprint density at radius 2 is 2.04 bits per heavy atom. The van der Waals surface area contributed by atoms with E-state index in [-0.39, 0.29) is 23.6 Å². The fourth-order valence-electron chi connectivity index (χ4n) is 2.18. The Kier molecular flexibility index (Phi) is 5.41. The van der Waals surface area contributed by atoms with Crippen LogP contribution in [0.3, 0.4) is 0 Å². The molecule has 11 heteroatoms. The molecule has 0 aliphatic rings. The zero-order valence-electron chi connectivity index (χ0n) is 14.0. The normalized spacial score (nSPS) is 10.6. The van der Waals surface area contributed by atoms with Gasteiger partial charge < -0.3 is 5.32 Å².